The maximum Gasteiger partial charge on any atom is 0.248 e. The molecule has 2 aromatic carbocycles. The average Bonchev–Trinajstić information content (AvgIpc) is 3.32. The van der Waals surface area contributed by atoms with Gasteiger partial charge in [-0.25, -0.2) is 0 Å². The zero-order chi connectivity index (χ0) is 24.8. The largest absolute Gasteiger partial charge is 0.457 e. The molecule has 0 radical (unpaired) electrons. The lowest BCUT2D eigenvalue weighted by Crippen LogP contribution is -2.49. The normalized spacial score (nSPS) is 14.1. The van der Waals surface area contributed by atoms with Gasteiger partial charge in [-0.3, -0.25) is 9.59 Å². The molecule has 0 spiro atoms. The molecule has 1 N–H and O–H groups in total. The van der Waals surface area contributed by atoms with Crippen LogP contribution in [0, 0.1) is 5.92 Å². The van der Waals surface area contributed by atoms with Crippen molar-refractivity contribution >= 4 is 40.9 Å². The Bertz CT molecular complexity index is 1200. The van der Waals surface area contributed by atoms with E-state index in [-0.39, 0.29) is 11.8 Å². The van der Waals surface area contributed by atoms with Gasteiger partial charge >= 0.3 is 0 Å². The van der Waals surface area contributed by atoms with Crippen molar-refractivity contribution in [2.24, 2.45) is 5.92 Å². The molecule has 182 valence electrons. The minimum absolute atomic E-state index is 0.211. The Morgan fingerprint density at radius 3 is 2.46 bits per heavy atom. The van der Waals surface area contributed by atoms with Crippen molar-refractivity contribution in [1.82, 2.24) is 4.90 Å². The molecular formula is C28H30ClN3O3. The molecule has 4 rings (SSSR count). The van der Waals surface area contributed by atoms with Crippen molar-refractivity contribution in [2.45, 2.75) is 20.3 Å². The van der Waals surface area contributed by atoms with Crippen molar-refractivity contribution in [3.8, 4) is 11.3 Å². The van der Waals surface area contributed by atoms with E-state index in [0.29, 0.717) is 41.9 Å². The van der Waals surface area contributed by atoms with Gasteiger partial charge < -0.3 is 19.5 Å². The van der Waals surface area contributed by atoms with Gasteiger partial charge in [0.25, 0.3) is 0 Å². The number of carbonyl (C=O) groups is 2. The summed E-state index contributed by atoms with van der Waals surface area (Å²) in [4.78, 5) is 28.8. The highest BCUT2D eigenvalue weighted by molar-refractivity contribution is 6.33. The van der Waals surface area contributed by atoms with Gasteiger partial charge in [0.1, 0.15) is 11.5 Å². The van der Waals surface area contributed by atoms with Crippen molar-refractivity contribution < 1.29 is 14.0 Å². The SMILES string of the molecule is CC(C)CC(=O)N1CCN(c2ccc(NC(=O)/C=C/c3ccc(-c4ccccc4)o3)cc2Cl)CC1. The highest BCUT2D eigenvalue weighted by Crippen LogP contribution is 2.30. The van der Waals surface area contributed by atoms with Crippen molar-refractivity contribution in [1.29, 1.82) is 0 Å². The van der Waals surface area contributed by atoms with E-state index in [2.05, 4.69) is 24.1 Å². The Hall–Kier alpha value is -3.51. The zero-order valence-corrected chi connectivity index (χ0v) is 20.8. The zero-order valence-electron chi connectivity index (χ0n) is 20.0. The molecule has 35 heavy (non-hydrogen) atoms. The van der Waals surface area contributed by atoms with Crippen LogP contribution in [-0.4, -0.2) is 42.9 Å². The summed E-state index contributed by atoms with van der Waals surface area (Å²) >= 11 is 6.54. The van der Waals surface area contributed by atoms with Crippen LogP contribution in [-0.2, 0) is 9.59 Å². The average molecular weight is 492 g/mol. The predicted molar refractivity (Wildman–Crippen MR) is 142 cm³/mol. The second kappa shape index (κ2) is 11.3. The Balaban J connectivity index is 1.31. The van der Waals surface area contributed by atoms with Crippen molar-refractivity contribution in [3.63, 3.8) is 0 Å². The molecule has 6 nitrogen and oxygen atoms in total. The van der Waals surface area contributed by atoms with Gasteiger partial charge in [0.05, 0.1) is 10.7 Å². The van der Waals surface area contributed by atoms with Gasteiger partial charge in [0, 0.05) is 49.9 Å². The van der Waals surface area contributed by atoms with Gasteiger partial charge in [-0.2, -0.15) is 0 Å². The van der Waals surface area contributed by atoms with E-state index in [1.807, 2.05) is 59.5 Å². The Morgan fingerprint density at radius 1 is 1.03 bits per heavy atom. The summed E-state index contributed by atoms with van der Waals surface area (Å²) in [6.45, 7) is 6.94. The number of benzene rings is 2. The molecule has 3 aromatic rings. The molecule has 1 fully saturated rings. The molecule has 2 amide bonds. The lowest BCUT2D eigenvalue weighted by molar-refractivity contribution is -0.132. The quantitative estimate of drug-likeness (QED) is 0.415. The molecule has 2 heterocycles. The fourth-order valence-electron chi connectivity index (χ4n) is 4.06. The summed E-state index contributed by atoms with van der Waals surface area (Å²) in [5.41, 5.74) is 2.50. The van der Waals surface area contributed by atoms with E-state index in [1.54, 1.807) is 12.1 Å². The first-order valence-corrected chi connectivity index (χ1v) is 12.2. The van der Waals surface area contributed by atoms with E-state index in [0.717, 1.165) is 30.1 Å². The minimum Gasteiger partial charge on any atom is -0.457 e. The minimum atomic E-state index is -0.274. The third-order valence-corrected chi connectivity index (χ3v) is 6.16. The van der Waals surface area contributed by atoms with Gasteiger partial charge in [0.2, 0.25) is 11.8 Å². The first-order valence-electron chi connectivity index (χ1n) is 11.9. The smallest absolute Gasteiger partial charge is 0.248 e. The summed E-state index contributed by atoms with van der Waals surface area (Å²) in [5.74, 6) is 1.64. The maximum absolute atomic E-state index is 12.4. The monoisotopic (exact) mass is 491 g/mol. The number of nitrogens with zero attached hydrogens (tertiary/aromatic N) is 2. The molecule has 1 aliphatic heterocycles. The standard InChI is InChI=1S/C28H30ClN3O3/c1-20(2)18-28(34)32-16-14-31(15-17-32)25-11-8-22(19-24(25)29)30-27(33)13-10-23-9-12-26(35-23)21-6-4-3-5-7-21/h3-13,19-20H,14-18H2,1-2H3,(H,30,33)/b13-10+. The molecule has 1 aliphatic rings. The van der Waals surface area contributed by atoms with Crippen molar-refractivity contribution in [3.05, 3.63) is 77.5 Å². The van der Waals surface area contributed by atoms with Gasteiger partial charge in [0.15, 0.2) is 0 Å². The number of hydrogen-bond donors (Lipinski definition) is 1. The van der Waals surface area contributed by atoms with E-state index in [4.69, 9.17) is 16.0 Å². The third-order valence-electron chi connectivity index (χ3n) is 5.86. The van der Waals surface area contributed by atoms with Crippen molar-refractivity contribution in [2.75, 3.05) is 36.4 Å². The first-order chi connectivity index (χ1) is 16.9. The first kappa shape index (κ1) is 24.6. The lowest BCUT2D eigenvalue weighted by Gasteiger charge is -2.36. The number of carbonyl (C=O) groups excluding carboxylic acids is 2. The van der Waals surface area contributed by atoms with Gasteiger partial charge in [-0.05, 0) is 42.3 Å². The Morgan fingerprint density at radius 2 is 1.77 bits per heavy atom. The van der Waals surface area contributed by atoms with Crippen LogP contribution < -0.4 is 10.2 Å². The second-order valence-electron chi connectivity index (χ2n) is 9.02. The number of halogens is 1. The van der Waals surface area contributed by atoms with Crippen LogP contribution in [0.25, 0.3) is 17.4 Å². The molecule has 0 atom stereocenters. The number of rotatable bonds is 7. The number of furan rings is 1. The van der Waals surface area contributed by atoms with E-state index >= 15 is 0 Å². The van der Waals surface area contributed by atoms with Gasteiger partial charge in [-0.1, -0.05) is 55.8 Å². The Labute approximate surface area is 211 Å². The molecule has 0 saturated carbocycles. The number of amides is 2. The Kier molecular flexibility index (Phi) is 7.93. The third kappa shape index (κ3) is 6.55. The molecule has 7 heteroatoms. The van der Waals surface area contributed by atoms with Crippen LogP contribution in [0.4, 0.5) is 11.4 Å². The fraction of sp³-hybridized carbons (Fsp3) is 0.286. The van der Waals surface area contributed by atoms with Crippen LogP contribution in [0.15, 0.2) is 71.2 Å². The van der Waals surface area contributed by atoms with E-state index in [9.17, 15) is 9.59 Å². The topological polar surface area (TPSA) is 65.8 Å². The molecule has 0 unspecified atom stereocenters. The highest BCUT2D eigenvalue weighted by atomic mass is 35.5. The number of nitrogens with one attached hydrogen (secondary N) is 1. The maximum atomic E-state index is 12.4. The highest BCUT2D eigenvalue weighted by Gasteiger charge is 2.23. The molecule has 1 saturated heterocycles. The molecule has 0 bridgehead atoms. The molecular weight excluding hydrogens is 462 g/mol. The van der Waals surface area contributed by atoms with Crippen LogP contribution in [0.2, 0.25) is 5.02 Å². The molecule has 1 aromatic heterocycles. The number of anilines is 2. The summed E-state index contributed by atoms with van der Waals surface area (Å²) < 4.78 is 5.80. The molecule has 0 aliphatic carbocycles. The van der Waals surface area contributed by atoms with E-state index < -0.39 is 0 Å². The van der Waals surface area contributed by atoms with Crippen LogP contribution in [0.1, 0.15) is 26.0 Å². The predicted octanol–water partition coefficient (Wildman–Crippen LogP) is 5.95. The summed E-state index contributed by atoms with van der Waals surface area (Å²) in [7, 11) is 0. The van der Waals surface area contributed by atoms with E-state index in [1.165, 1.54) is 6.08 Å². The number of hydrogen-bond acceptors (Lipinski definition) is 4. The van der Waals surface area contributed by atoms with Crippen LogP contribution in [0.5, 0.6) is 0 Å². The lowest BCUT2D eigenvalue weighted by atomic mass is 10.1. The van der Waals surface area contributed by atoms with Crippen LogP contribution in [0.3, 0.4) is 0 Å². The fourth-order valence-corrected chi connectivity index (χ4v) is 4.36. The summed E-state index contributed by atoms with van der Waals surface area (Å²) in [6, 6.07) is 19.0. The summed E-state index contributed by atoms with van der Waals surface area (Å²) in [6.07, 6.45) is 3.65. The second-order valence-corrected chi connectivity index (χ2v) is 9.43. The summed E-state index contributed by atoms with van der Waals surface area (Å²) in [5, 5.41) is 3.40. The van der Waals surface area contributed by atoms with Crippen LogP contribution >= 0.6 is 11.6 Å². The number of piperazine rings is 1. The van der Waals surface area contributed by atoms with Gasteiger partial charge in [-0.15, -0.1) is 0 Å².